The highest BCUT2D eigenvalue weighted by Gasteiger charge is 2.36. The Hall–Kier alpha value is -2.79. The van der Waals surface area contributed by atoms with Crippen molar-refractivity contribution in [2.24, 2.45) is 0 Å². The third-order valence-corrected chi connectivity index (χ3v) is 4.96. The van der Waals surface area contributed by atoms with Gasteiger partial charge in [0.15, 0.2) is 0 Å². The summed E-state index contributed by atoms with van der Waals surface area (Å²) in [4.78, 5) is 6.32. The maximum atomic E-state index is 12.5. The molecule has 3 rings (SSSR count). The van der Waals surface area contributed by atoms with Gasteiger partial charge in [-0.3, -0.25) is 4.98 Å². The molecule has 0 radical (unpaired) electrons. The van der Waals surface area contributed by atoms with Crippen molar-refractivity contribution >= 4 is 5.69 Å². The van der Waals surface area contributed by atoms with Crippen LogP contribution in [0, 0.1) is 25.2 Å². The molecule has 1 aliphatic rings. The Labute approximate surface area is 161 Å². The van der Waals surface area contributed by atoms with Crippen LogP contribution in [0.3, 0.4) is 0 Å². The summed E-state index contributed by atoms with van der Waals surface area (Å²) < 4.78 is 41.4. The normalized spacial score (nSPS) is 16.5. The fraction of sp³-hybridized carbons (Fsp3) is 0.400. The first kappa shape index (κ1) is 20.0. The predicted molar refractivity (Wildman–Crippen MR) is 96.9 cm³/mol. The van der Waals surface area contributed by atoms with E-state index in [-0.39, 0.29) is 5.75 Å². The Morgan fingerprint density at radius 3 is 2.50 bits per heavy atom. The first-order valence-corrected chi connectivity index (χ1v) is 8.83. The lowest BCUT2D eigenvalue weighted by Gasteiger charge is -2.40. The average Bonchev–Trinajstić information content (AvgIpc) is 2.60. The first-order chi connectivity index (χ1) is 13.1. The van der Waals surface area contributed by atoms with Gasteiger partial charge in [0.1, 0.15) is 11.8 Å². The van der Waals surface area contributed by atoms with Crippen molar-refractivity contribution in [2.45, 2.75) is 38.7 Å². The summed E-state index contributed by atoms with van der Waals surface area (Å²) in [5.74, 6) is -0.354. The van der Waals surface area contributed by atoms with Crippen LogP contribution in [-0.4, -0.2) is 29.5 Å². The van der Waals surface area contributed by atoms with E-state index in [0.717, 1.165) is 11.4 Å². The van der Waals surface area contributed by atoms with Crippen LogP contribution in [0.5, 0.6) is 5.75 Å². The molecule has 0 saturated carbocycles. The summed E-state index contributed by atoms with van der Waals surface area (Å²) in [6.45, 7) is 4.54. The second kappa shape index (κ2) is 7.32. The number of nitrogens with zero attached hydrogens (tertiary/aromatic N) is 3. The first-order valence-electron chi connectivity index (χ1n) is 8.83. The minimum absolute atomic E-state index is 0.313. The quantitative estimate of drug-likeness (QED) is 0.858. The van der Waals surface area contributed by atoms with Gasteiger partial charge in [0, 0.05) is 18.8 Å². The molecule has 0 amide bonds. The van der Waals surface area contributed by atoms with Crippen LogP contribution in [-0.2, 0) is 5.60 Å². The maximum absolute atomic E-state index is 12.5. The Kier molecular flexibility index (Phi) is 5.22. The molecule has 28 heavy (non-hydrogen) atoms. The molecule has 0 unspecified atom stereocenters. The van der Waals surface area contributed by atoms with E-state index >= 15 is 0 Å². The third kappa shape index (κ3) is 4.20. The van der Waals surface area contributed by atoms with E-state index in [1.54, 1.807) is 13.0 Å². The molecule has 8 heteroatoms. The lowest BCUT2D eigenvalue weighted by Crippen LogP contribution is -2.43. The molecule has 1 aromatic heterocycles. The maximum Gasteiger partial charge on any atom is 0.573 e. The second-order valence-corrected chi connectivity index (χ2v) is 6.95. The summed E-state index contributed by atoms with van der Waals surface area (Å²) in [6.07, 6.45) is -4.16. The van der Waals surface area contributed by atoms with Gasteiger partial charge in [-0.05, 0) is 50.5 Å². The number of aliphatic hydroxyl groups is 1. The van der Waals surface area contributed by atoms with Crippen molar-refractivity contribution in [1.29, 1.82) is 5.26 Å². The Bertz CT molecular complexity index is 914. The van der Waals surface area contributed by atoms with E-state index in [9.17, 15) is 23.5 Å². The van der Waals surface area contributed by atoms with Gasteiger partial charge in [-0.2, -0.15) is 5.26 Å². The van der Waals surface area contributed by atoms with Gasteiger partial charge in [0.05, 0.1) is 22.5 Å². The molecule has 1 fully saturated rings. The molecule has 1 saturated heterocycles. The zero-order valence-electron chi connectivity index (χ0n) is 15.5. The van der Waals surface area contributed by atoms with Crippen molar-refractivity contribution in [2.75, 3.05) is 18.0 Å². The number of piperidine rings is 1. The molecule has 0 atom stereocenters. The molecule has 1 N–H and O–H groups in total. The van der Waals surface area contributed by atoms with E-state index in [4.69, 9.17) is 0 Å². The molecular formula is C20H20F3N3O2. The van der Waals surface area contributed by atoms with Gasteiger partial charge < -0.3 is 14.7 Å². The zero-order chi connectivity index (χ0) is 20.5. The summed E-state index contributed by atoms with van der Waals surface area (Å²) >= 11 is 0. The number of aromatic nitrogens is 1. The van der Waals surface area contributed by atoms with E-state index < -0.39 is 12.0 Å². The lowest BCUT2D eigenvalue weighted by atomic mass is 9.84. The molecular weight excluding hydrogens is 371 g/mol. The Balaban J connectivity index is 1.80. The largest absolute Gasteiger partial charge is 0.573 e. The van der Waals surface area contributed by atoms with Crippen LogP contribution in [0.1, 0.15) is 35.4 Å². The van der Waals surface area contributed by atoms with E-state index in [1.807, 2.05) is 17.9 Å². The highest BCUT2D eigenvalue weighted by atomic mass is 19.4. The van der Waals surface area contributed by atoms with Gasteiger partial charge >= 0.3 is 6.36 Å². The van der Waals surface area contributed by atoms with E-state index in [1.165, 1.54) is 18.2 Å². The fourth-order valence-corrected chi connectivity index (χ4v) is 3.58. The van der Waals surface area contributed by atoms with Crippen LogP contribution in [0.15, 0.2) is 30.3 Å². The van der Waals surface area contributed by atoms with Crippen LogP contribution in [0.4, 0.5) is 18.9 Å². The SMILES string of the molecule is Cc1cc(N2CCC(O)(c3cccc(OC(F)(F)F)c3)CC2)c(C#N)c(C)n1. The highest BCUT2D eigenvalue weighted by molar-refractivity contribution is 5.62. The molecule has 1 aromatic carbocycles. The van der Waals surface area contributed by atoms with Gasteiger partial charge in [0.25, 0.3) is 0 Å². The molecule has 0 spiro atoms. The number of aryl methyl sites for hydroxylation is 2. The number of rotatable bonds is 3. The van der Waals surface area contributed by atoms with Crippen molar-refractivity contribution < 1.29 is 23.0 Å². The molecule has 5 nitrogen and oxygen atoms in total. The Morgan fingerprint density at radius 2 is 1.89 bits per heavy atom. The van der Waals surface area contributed by atoms with E-state index in [2.05, 4.69) is 15.8 Å². The number of anilines is 1. The highest BCUT2D eigenvalue weighted by Crippen LogP contribution is 2.37. The molecule has 2 aromatic rings. The topological polar surface area (TPSA) is 69.4 Å². The zero-order valence-corrected chi connectivity index (χ0v) is 15.5. The molecule has 2 heterocycles. The van der Waals surface area contributed by atoms with E-state index in [0.29, 0.717) is 42.8 Å². The number of pyridine rings is 1. The summed E-state index contributed by atoms with van der Waals surface area (Å²) in [6, 6.07) is 9.49. The molecule has 1 aliphatic heterocycles. The standard InChI is InChI=1S/C20H20F3N3O2/c1-13-10-18(17(12-24)14(2)25-13)26-8-6-19(27,7-9-26)15-4-3-5-16(11-15)28-20(21,22)23/h3-5,10-11,27H,6-9H2,1-2H3. The number of alkyl halides is 3. The van der Waals surface area contributed by atoms with Crippen LogP contribution >= 0.6 is 0 Å². The molecule has 0 bridgehead atoms. The van der Waals surface area contributed by atoms with Gasteiger partial charge in [-0.25, -0.2) is 0 Å². The van der Waals surface area contributed by atoms with Crippen molar-refractivity contribution in [1.82, 2.24) is 4.98 Å². The number of hydrogen-bond donors (Lipinski definition) is 1. The average molecular weight is 391 g/mol. The van der Waals surface area contributed by atoms with Crippen molar-refractivity contribution in [3.63, 3.8) is 0 Å². The van der Waals surface area contributed by atoms with Gasteiger partial charge in [-0.15, -0.1) is 13.2 Å². The number of benzene rings is 1. The minimum atomic E-state index is -4.78. The smallest absolute Gasteiger partial charge is 0.406 e. The Morgan fingerprint density at radius 1 is 1.21 bits per heavy atom. The monoisotopic (exact) mass is 391 g/mol. The third-order valence-electron chi connectivity index (χ3n) is 4.96. The summed E-state index contributed by atoms with van der Waals surface area (Å²) in [5, 5.41) is 20.5. The summed E-state index contributed by atoms with van der Waals surface area (Å²) in [5.41, 5.74) is 1.84. The summed E-state index contributed by atoms with van der Waals surface area (Å²) in [7, 11) is 0. The van der Waals surface area contributed by atoms with Crippen molar-refractivity contribution in [3.8, 4) is 11.8 Å². The van der Waals surface area contributed by atoms with Crippen LogP contribution in [0.2, 0.25) is 0 Å². The fourth-order valence-electron chi connectivity index (χ4n) is 3.58. The molecule has 0 aliphatic carbocycles. The van der Waals surface area contributed by atoms with Gasteiger partial charge in [0.2, 0.25) is 0 Å². The number of halogens is 3. The van der Waals surface area contributed by atoms with Crippen molar-refractivity contribution in [3.05, 3.63) is 52.8 Å². The second-order valence-electron chi connectivity index (χ2n) is 6.95. The number of ether oxygens (including phenoxy) is 1. The van der Waals surface area contributed by atoms with Crippen LogP contribution in [0.25, 0.3) is 0 Å². The van der Waals surface area contributed by atoms with Crippen LogP contribution < -0.4 is 9.64 Å². The number of nitriles is 1. The number of hydrogen-bond acceptors (Lipinski definition) is 5. The minimum Gasteiger partial charge on any atom is -0.406 e. The molecule has 148 valence electrons. The van der Waals surface area contributed by atoms with Gasteiger partial charge in [-0.1, -0.05) is 12.1 Å². The lowest BCUT2D eigenvalue weighted by molar-refractivity contribution is -0.274. The predicted octanol–water partition coefficient (Wildman–Crippen LogP) is 3.96.